The largest absolute Gasteiger partial charge is 0.495 e. The Hall–Kier alpha value is -2.40. The van der Waals surface area contributed by atoms with E-state index in [0.29, 0.717) is 22.2 Å². The lowest BCUT2D eigenvalue weighted by Gasteiger charge is -2.13. The van der Waals surface area contributed by atoms with Crippen molar-refractivity contribution in [1.29, 1.82) is 0 Å². The number of carbonyl (C=O) groups is 1. The van der Waals surface area contributed by atoms with Crippen LogP contribution in [0.4, 0.5) is 10.5 Å². The third kappa shape index (κ3) is 5.57. The fraction of sp³-hybridized carbons (Fsp3) is 0.316. The second-order valence-corrected chi connectivity index (χ2v) is 6.02. The number of benzene rings is 2. The van der Waals surface area contributed by atoms with Gasteiger partial charge in [0.05, 0.1) is 12.8 Å². The molecule has 0 fully saturated rings. The number of hydrogen-bond acceptors (Lipinski definition) is 3. The van der Waals surface area contributed by atoms with E-state index in [-0.39, 0.29) is 12.8 Å². The van der Waals surface area contributed by atoms with E-state index in [0.717, 1.165) is 18.4 Å². The normalized spacial score (nSPS) is 10.2. The molecule has 0 aliphatic rings. The van der Waals surface area contributed by atoms with E-state index in [9.17, 15) is 4.79 Å². The number of anilines is 1. The molecule has 0 spiro atoms. The lowest BCUT2D eigenvalue weighted by molar-refractivity contribution is 0.234. The third-order valence-electron chi connectivity index (χ3n) is 3.66. The quantitative estimate of drug-likeness (QED) is 0.697. The first-order chi connectivity index (χ1) is 12.0. The van der Waals surface area contributed by atoms with Crippen molar-refractivity contribution in [2.24, 2.45) is 0 Å². The zero-order valence-corrected chi connectivity index (χ0v) is 15.4. The van der Waals surface area contributed by atoms with Crippen molar-refractivity contribution < 1.29 is 14.3 Å². The predicted octanol–water partition coefficient (Wildman–Crippen LogP) is 4.77. The van der Waals surface area contributed by atoms with Crippen LogP contribution in [0.2, 0.25) is 5.02 Å². The summed E-state index contributed by atoms with van der Waals surface area (Å²) in [6.07, 6.45) is 2.15. The first kappa shape index (κ1) is 18.9. The molecule has 2 aromatic rings. The molecule has 0 bridgehead atoms. The Kier molecular flexibility index (Phi) is 6.95. The Balaban J connectivity index is 1.85. The summed E-state index contributed by atoms with van der Waals surface area (Å²) < 4.78 is 10.8. The number of methoxy groups -OCH3 is 1. The summed E-state index contributed by atoms with van der Waals surface area (Å²) in [4.78, 5) is 12.0. The van der Waals surface area contributed by atoms with Crippen LogP contribution >= 0.6 is 11.6 Å². The van der Waals surface area contributed by atoms with Crippen molar-refractivity contribution in [3.05, 3.63) is 52.5 Å². The van der Waals surface area contributed by atoms with Crippen LogP contribution in [-0.2, 0) is 6.42 Å². The van der Waals surface area contributed by atoms with E-state index in [1.807, 2.05) is 31.2 Å². The van der Waals surface area contributed by atoms with E-state index >= 15 is 0 Å². The number of rotatable bonds is 7. The summed E-state index contributed by atoms with van der Waals surface area (Å²) in [5.74, 6) is 1.21. The smallest absolute Gasteiger partial charge is 0.321 e. The van der Waals surface area contributed by atoms with E-state index in [2.05, 4.69) is 17.6 Å². The van der Waals surface area contributed by atoms with Gasteiger partial charge in [0.15, 0.2) is 6.73 Å². The van der Waals surface area contributed by atoms with Gasteiger partial charge in [-0.25, -0.2) is 4.79 Å². The number of nitrogens with one attached hydrogen (secondary N) is 2. The summed E-state index contributed by atoms with van der Waals surface area (Å²) in [6.45, 7) is 4.06. The molecule has 0 unspecified atom stereocenters. The maximum Gasteiger partial charge on any atom is 0.321 e. The molecule has 0 saturated carbocycles. The molecular weight excluding hydrogens is 340 g/mol. The average Bonchev–Trinajstić information content (AvgIpc) is 2.59. The first-order valence-electron chi connectivity index (χ1n) is 8.14. The molecular formula is C19H23ClN2O3. The minimum absolute atomic E-state index is 0.0633. The maximum absolute atomic E-state index is 12.0. The number of carbonyl (C=O) groups excluding carboxylic acids is 1. The molecule has 0 atom stereocenters. The third-order valence-corrected chi connectivity index (χ3v) is 4.07. The lowest BCUT2D eigenvalue weighted by Crippen LogP contribution is -2.32. The van der Waals surface area contributed by atoms with Crippen LogP contribution in [0.15, 0.2) is 36.4 Å². The second-order valence-electron chi connectivity index (χ2n) is 5.62. The Morgan fingerprint density at radius 3 is 2.56 bits per heavy atom. The summed E-state index contributed by atoms with van der Waals surface area (Å²) in [5, 5.41) is 5.95. The average molecular weight is 363 g/mol. The van der Waals surface area contributed by atoms with E-state index in [1.54, 1.807) is 12.1 Å². The summed E-state index contributed by atoms with van der Waals surface area (Å²) in [7, 11) is 1.52. The second kappa shape index (κ2) is 9.18. The summed E-state index contributed by atoms with van der Waals surface area (Å²) >= 11 is 6.06. The van der Waals surface area contributed by atoms with Crippen LogP contribution in [-0.4, -0.2) is 19.9 Å². The lowest BCUT2D eigenvalue weighted by atomic mass is 10.1. The Morgan fingerprint density at radius 2 is 1.92 bits per heavy atom. The minimum atomic E-state index is -0.386. The fourth-order valence-electron chi connectivity index (χ4n) is 2.32. The van der Waals surface area contributed by atoms with Gasteiger partial charge in [-0.15, -0.1) is 0 Å². The van der Waals surface area contributed by atoms with Crippen LogP contribution in [0, 0.1) is 6.92 Å². The van der Waals surface area contributed by atoms with Gasteiger partial charge in [-0.3, -0.25) is 0 Å². The van der Waals surface area contributed by atoms with Gasteiger partial charge in [-0.2, -0.15) is 0 Å². The molecule has 6 heteroatoms. The van der Waals surface area contributed by atoms with Gasteiger partial charge >= 0.3 is 6.03 Å². The van der Waals surface area contributed by atoms with Crippen LogP contribution in [0.1, 0.15) is 24.5 Å². The monoisotopic (exact) mass is 362 g/mol. The van der Waals surface area contributed by atoms with Crippen molar-refractivity contribution >= 4 is 23.3 Å². The molecule has 0 aliphatic heterocycles. The number of urea groups is 1. The molecule has 134 valence electrons. The van der Waals surface area contributed by atoms with Crippen LogP contribution in [0.25, 0.3) is 0 Å². The van der Waals surface area contributed by atoms with Gasteiger partial charge in [0, 0.05) is 11.1 Å². The van der Waals surface area contributed by atoms with Gasteiger partial charge in [0.2, 0.25) is 0 Å². The highest BCUT2D eigenvalue weighted by Gasteiger charge is 2.10. The van der Waals surface area contributed by atoms with Crippen molar-refractivity contribution in [2.75, 3.05) is 19.2 Å². The van der Waals surface area contributed by atoms with Crippen LogP contribution in [0.3, 0.4) is 0 Å². The number of amides is 2. The highest BCUT2D eigenvalue weighted by atomic mass is 35.5. The minimum Gasteiger partial charge on any atom is -0.495 e. The molecule has 2 aromatic carbocycles. The highest BCUT2D eigenvalue weighted by Crippen LogP contribution is 2.30. The fourth-order valence-corrected chi connectivity index (χ4v) is 2.48. The Bertz CT molecular complexity index is 717. The summed E-state index contributed by atoms with van der Waals surface area (Å²) in [5.41, 5.74) is 2.66. The van der Waals surface area contributed by atoms with Crippen molar-refractivity contribution in [3.8, 4) is 11.5 Å². The molecule has 0 heterocycles. The molecule has 0 aromatic heterocycles. The molecule has 25 heavy (non-hydrogen) atoms. The maximum atomic E-state index is 12.0. The molecule has 5 nitrogen and oxygen atoms in total. The first-order valence-corrected chi connectivity index (χ1v) is 8.52. The predicted molar refractivity (Wildman–Crippen MR) is 101 cm³/mol. The van der Waals surface area contributed by atoms with Crippen molar-refractivity contribution in [1.82, 2.24) is 5.32 Å². The van der Waals surface area contributed by atoms with E-state index in [4.69, 9.17) is 21.1 Å². The Morgan fingerprint density at radius 1 is 1.20 bits per heavy atom. The Labute approximate surface area is 153 Å². The van der Waals surface area contributed by atoms with Gasteiger partial charge in [0.1, 0.15) is 11.5 Å². The van der Waals surface area contributed by atoms with Gasteiger partial charge < -0.3 is 20.1 Å². The molecule has 2 rings (SSSR count). The molecule has 2 amide bonds. The molecule has 2 N–H and O–H groups in total. The van der Waals surface area contributed by atoms with Crippen LogP contribution < -0.4 is 20.1 Å². The number of ether oxygens (including phenoxy) is 2. The molecule has 0 saturated heterocycles. The highest BCUT2D eigenvalue weighted by molar-refractivity contribution is 6.31. The number of hydrogen-bond donors (Lipinski definition) is 2. The van der Waals surface area contributed by atoms with Crippen molar-refractivity contribution in [3.63, 3.8) is 0 Å². The molecule has 0 radical (unpaired) electrons. The van der Waals surface area contributed by atoms with Gasteiger partial charge in [0.25, 0.3) is 0 Å². The van der Waals surface area contributed by atoms with Gasteiger partial charge in [-0.1, -0.05) is 37.1 Å². The zero-order chi connectivity index (χ0) is 18.2. The number of aryl methyl sites for hydroxylation is 2. The topological polar surface area (TPSA) is 59.6 Å². The number of halogens is 1. The van der Waals surface area contributed by atoms with E-state index in [1.165, 1.54) is 12.7 Å². The summed E-state index contributed by atoms with van der Waals surface area (Å²) in [6, 6.07) is 10.9. The van der Waals surface area contributed by atoms with Crippen molar-refractivity contribution in [2.45, 2.75) is 26.7 Å². The molecule has 0 aliphatic carbocycles. The van der Waals surface area contributed by atoms with E-state index < -0.39 is 0 Å². The van der Waals surface area contributed by atoms with Gasteiger partial charge in [-0.05, 0) is 42.7 Å². The standard InChI is InChI=1S/C19H23ClN2O3/c1-4-5-14-6-8-15(9-7-14)25-12-21-19(23)22-17-10-13(2)16(20)11-18(17)24-3/h6-11H,4-5,12H2,1-3H3,(H2,21,22,23). The van der Waals surface area contributed by atoms with Crippen LogP contribution in [0.5, 0.6) is 11.5 Å². The zero-order valence-electron chi connectivity index (χ0n) is 14.7. The SMILES string of the molecule is CCCc1ccc(OCNC(=O)Nc2cc(C)c(Cl)cc2OC)cc1.